The van der Waals surface area contributed by atoms with Gasteiger partial charge in [-0.1, -0.05) is 0 Å². The first-order valence-electron chi connectivity index (χ1n) is 4.39. The normalized spacial score (nSPS) is 11.6. The number of ether oxygens (including phenoxy) is 1. The van der Waals surface area contributed by atoms with Crippen molar-refractivity contribution < 1.29 is 53.5 Å². The van der Waals surface area contributed by atoms with Crippen LogP contribution in [-0.4, -0.2) is 37.8 Å². The third-order valence-corrected chi connectivity index (χ3v) is 2.10. The third kappa shape index (κ3) is 12.0. The topological polar surface area (TPSA) is 92.7 Å². The maximum absolute atomic E-state index is 10.9. The van der Waals surface area contributed by atoms with E-state index in [1.54, 1.807) is 13.8 Å². The Hall–Kier alpha value is -0.0800. The van der Waals surface area contributed by atoms with E-state index < -0.39 is 21.8 Å². The molecule has 0 rings (SSSR count). The summed E-state index contributed by atoms with van der Waals surface area (Å²) in [4.78, 5) is 10.9. The molecule has 0 aromatic carbocycles. The molecular formula is C8H16NNaO5S. The van der Waals surface area contributed by atoms with E-state index in [-0.39, 0.29) is 44.1 Å². The van der Waals surface area contributed by atoms with Crippen molar-refractivity contribution in [2.45, 2.75) is 13.8 Å². The second-order valence-corrected chi connectivity index (χ2v) is 4.36. The molecular weight excluding hydrogens is 245 g/mol. The summed E-state index contributed by atoms with van der Waals surface area (Å²) in [5, 5.41) is 2.65. The van der Waals surface area contributed by atoms with Gasteiger partial charge in [0.2, 0.25) is 0 Å². The molecule has 90 valence electrons. The molecule has 0 bridgehead atoms. The van der Waals surface area contributed by atoms with Crippen molar-refractivity contribution in [1.82, 2.24) is 5.32 Å². The minimum Gasteiger partial charge on any atom is -1.00 e. The minimum absolute atomic E-state index is 0. The Morgan fingerprint density at radius 3 is 2.56 bits per heavy atom. The maximum atomic E-state index is 10.9. The summed E-state index contributed by atoms with van der Waals surface area (Å²) in [6.07, 6.45) is 1.22. The van der Waals surface area contributed by atoms with Gasteiger partial charge < -0.3 is 11.5 Å². The van der Waals surface area contributed by atoms with Crippen LogP contribution in [0, 0.1) is 0 Å². The van der Waals surface area contributed by atoms with E-state index in [0.29, 0.717) is 5.70 Å². The Kier molecular flexibility index (Phi) is 10.3. The molecule has 0 aromatic heterocycles. The summed E-state index contributed by atoms with van der Waals surface area (Å²) in [5.41, 5.74) is 0.483. The maximum Gasteiger partial charge on any atom is 1.00 e. The van der Waals surface area contributed by atoms with Gasteiger partial charge in [0.05, 0.1) is 12.4 Å². The Morgan fingerprint density at radius 2 is 2.12 bits per heavy atom. The largest absolute Gasteiger partial charge is 1.00 e. The molecule has 0 spiro atoms. The van der Waals surface area contributed by atoms with Crippen LogP contribution in [0.25, 0.3) is 0 Å². The van der Waals surface area contributed by atoms with E-state index in [1.807, 2.05) is 0 Å². The zero-order valence-electron chi connectivity index (χ0n) is 10.7. The molecule has 0 radical (unpaired) electrons. The summed E-state index contributed by atoms with van der Waals surface area (Å²) in [6.45, 7) is 3.61. The molecule has 0 aliphatic carbocycles. The number of esters is 1. The van der Waals surface area contributed by atoms with Gasteiger partial charge in [-0.15, -0.1) is 0 Å². The Bertz CT molecular complexity index is 344. The fourth-order valence-corrected chi connectivity index (χ4v) is 1.15. The second kappa shape index (κ2) is 9.00. The van der Waals surface area contributed by atoms with E-state index in [9.17, 15) is 13.2 Å². The first kappa shape index (κ1) is 18.3. The van der Waals surface area contributed by atoms with E-state index >= 15 is 0 Å². The summed E-state index contributed by atoms with van der Waals surface area (Å²) < 4.78 is 33.7. The Morgan fingerprint density at radius 1 is 1.56 bits per heavy atom. The number of carbonyl (C=O) groups is 1. The average Bonchev–Trinajstić information content (AvgIpc) is 2.01. The van der Waals surface area contributed by atoms with Crippen LogP contribution in [0.5, 0.6) is 0 Å². The molecule has 0 saturated carbocycles. The zero-order valence-corrected chi connectivity index (χ0v) is 12.5. The van der Waals surface area contributed by atoms with Gasteiger partial charge in [-0.05, 0) is 13.8 Å². The molecule has 0 amide bonds. The van der Waals surface area contributed by atoms with Crippen LogP contribution in [0.2, 0.25) is 0 Å². The summed E-state index contributed by atoms with van der Waals surface area (Å²) in [7, 11) is -3.96. The van der Waals surface area contributed by atoms with Gasteiger partial charge in [0.15, 0.2) is 0 Å². The van der Waals surface area contributed by atoms with Gasteiger partial charge in [-0.3, -0.25) is 4.55 Å². The van der Waals surface area contributed by atoms with Crippen LogP contribution in [0.15, 0.2) is 11.8 Å². The van der Waals surface area contributed by atoms with E-state index in [4.69, 9.17) is 4.55 Å². The van der Waals surface area contributed by atoms with Gasteiger partial charge in [0, 0.05) is 18.3 Å². The summed E-state index contributed by atoms with van der Waals surface area (Å²) >= 11 is 0. The molecule has 0 saturated heterocycles. The number of carbonyl (C=O) groups excluding carboxylic acids is 1. The molecule has 2 N–H and O–H groups in total. The third-order valence-electron chi connectivity index (χ3n) is 1.38. The Labute approximate surface area is 119 Å². The summed E-state index contributed by atoms with van der Waals surface area (Å²) in [5.74, 6) is -0.893. The number of hydrogen-bond donors (Lipinski definition) is 2. The van der Waals surface area contributed by atoms with Crippen LogP contribution in [0.1, 0.15) is 15.3 Å². The van der Waals surface area contributed by atoms with Crippen molar-refractivity contribution in [2.75, 3.05) is 18.9 Å². The molecule has 0 atom stereocenters. The first-order valence-corrected chi connectivity index (χ1v) is 6.00. The number of rotatable bonds is 6. The molecule has 0 unspecified atom stereocenters. The molecule has 16 heavy (non-hydrogen) atoms. The SMILES string of the molecule is CCOC(=O)/C=C(\C)NCCS(=O)(=O)O.[H-].[Na+]. The zero-order chi connectivity index (χ0) is 11.9. The molecule has 0 aliphatic rings. The first-order chi connectivity index (χ1) is 6.85. The standard InChI is InChI=1S/C8H15NO5S.Na.H/c1-3-14-8(10)6-7(2)9-4-5-15(11,12)13;;/h6,9H,3-5H2,1-2H3,(H,11,12,13);;/q;+1;-1/b7-6+;;. The van der Waals surface area contributed by atoms with Crippen LogP contribution < -0.4 is 34.9 Å². The Balaban J connectivity index is -0.000000980. The van der Waals surface area contributed by atoms with E-state index in [2.05, 4.69) is 10.1 Å². The van der Waals surface area contributed by atoms with Crippen molar-refractivity contribution in [3.05, 3.63) is 11.8 Å². The average molecular weight is 261 g/mol. The number of allylic oxidation sites excluding steroid dienone is 1. The molecule has 8 heteroatoms. The predicted molar refractivity (Wildman–Crippen MR) is 55.9 cm³/mol. The van der Waals surface area contributed by atoms with Gasteiger partial charge in [-0.2, -0.15) is 8.42 Å². The van der Waals surface area contributed by atoms with Crippen molar-refractivity contribution in [1.29, 1.82) is 0 Å². The van der Waals surface area contributed by atoms with Gasteiger partial charge in [-0.25, -0.2) is 4.79 Å². The van der Waals surface area contributed by atoms with E-state index in [0.717, 1.165) is 0 Å². The van der Waals surface area contributed by atoms with Crippen LogP contribution in [0.3, 0.4) is 0 Å². The van der Waals surface area contributed by atoms with Gasteiger partial charge in [0.1, 0.15) is 0 Å². The molecule has 6 nitrogen and oxygen atoms in total. The van der Waals surface area contributed by atoms with Crippen molar-refractivity contribution >= 4 is 16.1 Å². The molecule has 0 aromatic rings. The number of hydrogen-bond acceptors (Lipinski definition) is 5. The second-order valence-electron chi connectivity index (χ2n) is 2.79. The van der Waals surface area contributed by atoms with Crippen molar-refractivity contribution in [3.8, 4) is 0 Å². The molecule has 0 aliphatic heterocycles. The van der Waals surface area contributed by atoms with Crippen LogP contribution >= 0.6 is 0 Å². The molecule has 0 fully saturated rings. The minimum atomic E-state index is -3.96. The van der Waals surface area contributed by atoms with Crippen molar-refractivity contribution in [2.24, 2.45) is 0 Å². The van der Waals surface area contributed by atoms with Crippen molar-refractivity contribution in [3.63, 3.8) is 0 Å². The molecule has 0 heterocycles. The predicted octanol–water partition coefficient (Wildman–Crippen LogP) is -2.95. The fraction of sp³-hybridized carbons (Fsp3) is 0.625. The van der Waals surface area contributed by atoms with E-state index in [1.165, 1.54) is 6.08 Å². The quantitative estimate of drug-likeness (QED) is 0.230. The summed E-state index contributed by atoms with van der Waals surface area (Å²) in [6, 6.07) is 0. The van der Waals surface area contributed by atoms with Crippen LogP contribution in [0.4, 0.5) is 0 Å². The van der Waals surface area contributed by atoms with Crippen LogP contribution in [-0.2, 0) is 19.6 Å². The monoisotopic (exact) mass is 261 g/mol. The van der Waals surface area contributed by atoms with Gasteiger partial charge >= 0.3 is 35.5 Å². The van der Waals surface area contributed by atoms with Gasteiger partial charge in [0.25, 0.3) is 10.1 Å². The smallest absolute Gasteiger partial charge is 1.00 e. The fourth-order valence-electron chi connectivity index (χ4n) is 0.789. The number of nitrogens with one attached hydrogen (secondary N) is 1.